The van der Waals surface area contributed by atoms with E-state index in [1.165, 1.54) is 19.2 Å². The van der Waals surface area contributed by atoms with Gasteiger partial charge in [0.05, 0.1) is 17.6 Å². The number of hydrogen-bond acceptors (Lipinski definition) is 8. The van der Waals surface area contributed by atoms with Crippen LogP contribution in [-0.2, 0) is 16.4 Å². The minimum absolute atomic E-state index is 0.0276. The quantitative estimate of drug-likeness (QED) is 0.201. The summed E-state index contributed by atoms with van der Waals surface area (Å²) < 4.78 is 36.6. The molecule has 0 spiro atoms. The first-order valence-electron chi connectivity index (χ1n) is 11.5. The normalized spacial score (nSPS) is 11.2. The molecule has 8 nitrogen and oxygen atoms in total. The third-order valence-corrected chi connectivity index (χ3v) is 8.57. The zero-order valence-electron chi connectivity index (χ0n) is 21.0. The third kappa shape index (κ3) is 7.90. The van der Waals surface area contributed by atoms with Crippen molar-refractivity contribution < 1.29 is 22.7 Å². The fraction of sp³-hybridized carbons (Fsp3) is 0.231. The molecular formula is C26H28ClN3O5S3. The summed E-state index contributed by atoms with van der Waals surface area (Å²) in [7, 11) is -2.72. The van der Waals surface area contributed by atoms with Crippen LogP contribution in [0.25, 0.3) is 11.1 Å². The summed E-state index contributed by atoms with van der Waals surface area (Å²) in [5, 5.41) is 2.48. The van der Waals surface area contributed by atoms with E-state index in [1.54, 1.807) is 43.0 Å². The number of sulfonamides is 1. The van der Waals surface area contributed by atoms with Crippen LogP contribution in [0.1, 0.15) is 22.8 Å². The van der Waals surface area contributed by atoms with Crippen LogP contribution in [-0.4, -0.2) is 46.0 Å². The molecule has 2 amide bonds. The maximum Gasteiger partial charge on any atom is 0.307 e. The van der Waals surface area contributed by atoms with Crippen LogP contribution in [0.3, 0.4) is 0 Å². The lowest BCUT2D eigenvalue weighted by Crippen LogP contribution is -2.30. The number of carbonyl (C=O) groups is 2. The Morgan fingerprint density at radius 1 is 1.03 bits per heavy atom. The van der Waals surface area contributed by atoms with Crippen molar-refractivity contribution in [2.24, 2.45) is 0 Å². The van der Waals surface area contributed by atoms with Crippen molar-refractivity contribution in [2.75, 3.05) is 26.5 Å². The van der Waals surface area contributed by atoms with Crippen molar-refractivity contribution in [3.05, 3.63) is 76.8 Å². The SMILES string of the molecule is CCNSC(=O)NS(=O)(=O)c1cc(CCNC(=O)c2cc(Cl)ccc2OC)ccc1-c1ccc(SC)cc1. The lowest BCUT2D eigenvalue weighted by Gasteiger charge is -2.14. The zero-order chi connectivity index (χ0) is 27.7. The van der Waals surface area contributed by atoms with E-state index < -0.39 is 15.3 Å². The number of halogens is 1. The summed E-state index contributed by atoms with van der Waals surface area (Å²) in [6, 6.07) is 17.3. The van der Waals surface area contributed by atoms with Gasteiger partial charge in [-0.1, -0.05) is 42.8 Å². The molecule has 3 rings (SSSR count). The molecule has 0 aliphatic rings. The van der Waals surface area contributed by atoms with Gasteiger partial charge >= 0.3 is 5.24 Å². The van der Waals surface area contributed by atoms with Gasteiger partial charge in [-0.3, -0.25) is 14.3 Å². The van der Waals surface area contributed by atoms with E-state index in [0.717, 1.165) is 4.90 Å². The second kappa shape index (κ2) is 13.9. The maximum atomic E-state index is 13.3. The Labute approximate surface area is 236 Å². The number of amides is 2. The van der Waals surface area contributed by atoms with Crippen LogP contribution >= 0.6 is 35.3 Å². The standard InChI is InChI=1S/C26H28ClN3O5S3/c1-4-29-37-26(32)30-38(33,34)24-15-17(5-11-21(24)18-6-9-20(36-3)10-7-18)13-14-28-25(31)22-16-19(27)8-12-23(22)35-2/h5-12,15-16,29H,4,13-14H2,1-3H3,(H,28,31)(H,30,32). The van der Waals surface area contributed by atoms with Crippen molar-refractivity contribution in [1.29, 1.82) is 0 Å². The number of rotatable bonds is 11. The highest BCUT2D eigenvalue weighted by molar-refractivity contribution is 8.13. The fourth-order valence-electron chi connectivity index (χ4n) is 3.55. The zero-order valence-corrected chi connectivity index (χ0v) is 24.2. The Balaban J connectivity index is 1.86. The number of hydrogen-bond donors (Lipinski definition) is 3. The lowest BCUT2D eigenvalue weighted by atomic mass is 10.0. The molecule has 12 heteroatoms. The van der Waals surface area contributed by atoms with Gasteiger partial charge in [0.15, 0.2) is 0 Å². The van der Waals surface area contributed by atoms with Crippen LogP contribution in [0, 0.1) is 0 Å². The van der Waals surface area contributed by atoms with Gasteiger partial charge in [0.1, 0.15) is 5.75 Å². The first-order chi connectivity index (χ1) is 18.2. The summed E-state index contributed by atoms with van der Waals surface area (Å²) in [5.41, 5.74) is 2.12. The van der Waals surface area contributed by atoms with Crippen molar-refractivity contribution in [3.63, 3.8) is 0 Å². The van der Waals surface area contributed by atoms with E-state index in [2.05, 4.69) is 14.8 Å². The summed E-state index contributed by atoms with van der Waals surface area (Å²) in [6.45, 7) is 2.53. The molecule has 202 valence electrons. The number of benzene rings is 3. The number of thioether (sulfide) groups is 1. The van der Waals surface area contributed by atoms with Crippen LogP contribution < -0.4 is 19.5 Å². The van der Waals surface area contributed by atoms with E-state index in [1.807, 2.05) is 30.5 Å². The summed E-state index contributed by atoms with van der Waals surface area (Å²) in [5.74, 6) is 0.0266. The highest BCUT2D eigenvalue weighted by Gasteiger charge is 2.23. The molecule has 3 aromatic carbocycles. The van der Waals surface area contributed by atoms with Crippen molar-refractivity contribution in [1.82, 2.24) is 14.8 Å². The topological polar surface area (TPSA) is 114 Å². The van der Waals surface area contributed by atoms with Crippen molar-refractivity contribution in [2.45, 2.75) is 23.1 Å². The highest BCUT2D eigenvalue weighted by Crippen LogP contribution is 2.30. The lowest BCUT2D eigenvalue weighted by molar-refractivity contribution is 0.0951. The minimum atomic E-state index is -4.19. The summed E-state index contributed by atoms with van der Waals surface area (Å²) in [4.78, 5) is 25.9. The van der Waals surface area contributed by atoms with Crippen LogP contribution in [0.5, 0.6) is 5.75 Å². The van der Waals surface area contributed by atoms with E-state index in [0.29, 0.717) is 57.9 Å². The number of methoxy groups -OCH3 is 1. The van der Waals surface area contributed by atoms with Gasteiger partial charge in [-0.25, -0.2) is 13.1 Å². The molecule has 0 aliphatic carbocycles. The van der Waals surface area contributed by atoms with Gasteiger partial charge in [0, 0.05) is 40.5 Å². The smallest absolute Gasteiger partial charge is 0.307 e. The van der Waals surface area contributed by atoms with Gasteiger partial charge < -0.3 is 10.1 Å². The number of ether oxygens (including phenoxy) is 1. The van der Waals surface area contributed by atoms with E-state index in [9.17, 15) is 18.0 Å². The molecule has 0 saturated heterocycles. The van der Waals surface area contributed by atoms with Crippen molar-refractivity contribution in [3.8, 4) is 16.9 Å². The molecule has 0 radical (unpaired) electrons. The fourth-order valence-corrected chi connectivity index (χ4v) is 6.01. The molecule has 0 aromatic heterocycles. The largest absolute Gasteiger partial charge is 0.496 e. The van der Waals surface area contributed by atoms with E-state index in [-0.39, 0.29) is 17.3 Å². The minimum Gasteiger partial charge on any atom is -0.496 e. The Morgan fingerprint density at radius 3 is 2.42 bits per heavy atom. The Bertz CT molecular complexity index is 1400. The van der Waals surface area contributed by atoms with Crippen molar-refractivity contribution >= 4 is 56.5 Å². The summed E-state index contributed by atoms with van der Waals surface area (Å²) >= 11 is 8.28. The number of nitrogens with one attached hydrogen (secondary N) is 3. The molecule has 0 heterocycles. The average Bonchev–Trinajstić information content (AvgIpc) is 2.91. The Hall–Kier alpha value is -2.70. The molecule has 38 heavy (non-hydrogen) atoms. The predicted octanol–water partition coefficient (Wildman–Crippen LogP) is 5.37. The monoisotopic (exact) mass is 593 g/mol. The molecule has 0 aliphatic heterocycles. The average molecular weight is 594 g/mol. The molecule has 3 aromatic rings. The van der Waals surface area contributed by atoms with Crippen LogP contribution in [0.15, 0.2) is 70.5 Å². The third-order valence-electron chi connectivity index (χ3n) is 5.37. The van der Waals surface area contributed by atoms with E-state index in [4.69, 9.17) is 16.3 Å². The Morgan fingerprint density at radius 2 is 1.76 bits per heavy atom. The molecule has 0 bridgehead atoms. The molecule has 0 atom stereocenters. The van der Waals surface area contributed by atoms with Gasteiger partial charge in [0.25, 0.3) is 15.9 Å². The van der Waals surface area contributed by atoms with Gasteiger partial charge in [-0.2, -0.15) is 0 Å². The Kier molecular flexibility index (Phi) is 10.9. The van der Waals surface area contributed by atoms with Crippen LogP contribution in [0.2, 0.25) is 5.02 Å². The van der Waals surface area contributed by atoms with Gasteiger partial charge in [0.2, 0.25) is 0 Å². The first-order valence-corrected chi connectivity index (χ1v) is 15.4. The number of carbonyl (C=O) groups excluding carboxylic acids is 2. The first kappa shape index (κ1) is 29.9. The molecule has 3 N–H and O–H groups in total. The second-order valence-corrected chi connectivity index (χ2v) is 11.7. The van der Waals surface area contributed by atoms with Crippen LogP contribution in [0.4, 0.5) is 4.79 Å². The molecule has 0 saturated carbocycles. The van der Waals surface area contributed by atoms with Gasteiger partial charge in [-0.05, 0) is 60.2 Å². The maximum absolute atomic E-state index is 13.3. The summed E-state index contributed by atoms with van der Waals surface area (Å²) in [6.07, 6.45) is 2.31. The molecular weight excluding hydrogens is 566 g/mol. The highest BCUT2D eigenvalue weighted by atomic mass is 35.5. The molecule has 0 fully saturated rings. The van der Waals surface area contributed by atoms with E-state index >= 15 is 0 Å². The molecule has 0 unspecified atom stereocenters. The second-order valence-electron chi connectivity index (χ2n) is 7.90. The van der Waals surface area contributed by atoms with Gasteiger partial charge in [-0.15, -0.1) is 11.8 Å². The predicted molar refractivity (Wildman–Crippen MR) is 155 cm³/mol.